The topological polar surface area (TPSA) is 63.6 Å². The molecule has 0 saturated heterocycles. The van der Waals surface area contributed by atoms with E-state index in [2.05, 4.69) is 20.7 Å². The molecule has 3 aromatic rings. The van der Waals surface area contributed by atoms with Crippen LogP contribution in [0.15, 0.2) is 59.1 Å². The highest BCUT2D eigenvalue weighted by molar-refractivity contribution is 9.10. The van der Waals surface area contributed by atoms with Gasteiger partial charge in [0, 0.05) is 4.47 Å². The van der Waals surface area contributed by atoms with Gasteiger partial charge in [-0.05, 0) is 48.0 Å². The van der Waals surface area contributed by atoms with E-state index in [0.717, 1.165) is 30.3 Å². The third kappa shape index (κ3) is 5.44. The van der Waals surface area contributed by atoms with Crippen molar-refractivity contribution in [2.24, 2.45) is 0 Å². The molecule has 0 aromatic heterocycles. The van der Waals surface area contributed by atoms with Crippen LogP contribution in [-0.2, 0) is 4.74 Å². The Hall–Kier alpha value is -3.20. The van der Waals surface area contributed by atoms with E-state index in [1.165, 1.54) is 25.3 Å². The number of carbonyl (C=O) groups is 2. The fourth-order valence-electron chi connectivity index (χ4n) is 2.38. The fraction of sp³-hybridized carbons (Fsp3) is 0.0476. The molecule has 3 rings (SSSR count). The molecule has 0 atom stereocenters. The summed E-state index contributed by atoms with van der Waals surface area (Å²) in [6, 6.07) is 10.4. The number of hydrogen-bond acceptors (Lipinski definition) is 3. The summed E-state index contributed by atoms with van der Waals surface area (Å²) < 4.78 is 58.2. The first-order chi connectivity index (χ1) is 14.1. The van der Waals surface area contributed by atoms with Gasteiger partial charge in [0.25, 0.3) is 0 Å². The van der Waals surface area contributed by atoms with E-state index in [-0.39, 0.29) is 16.7 Å². The molecule has 0 aliphatic heterocycles. The number of carboxylic acids is 1. The molecule has 30 heavy (non-hydrogen) atoms. The third-order valence-electron chi connectivity index (χ3n) is 3.79. The summed E-state index contributed by atoms with van der Waals surface area (Å²) in [5.41, 5.74) is -1.03. The first-order valence-corrected chi connectivity index (χ1v) is 8.95. The predicted octanol–water partition coefficient (Wildman–Crippen LogP) is 5.84. The zero-order chi connectivity index (χ0) is 22.4. The Morgan fingerprint density at radius 1 is 0.833 bits per heavy atom. The van der Waals surface area contributed by atoms with E-state index in [1.54, 1.807) is 6.07 Å². The molecule has 0 aliphatic rings. The molecule has 1 N–H and O–H groups in total. The van der Waals surface area contributed by atoms with Crippen LogP contribution in [0.1, 0.15) is 20.7 Å². The van der Waals surface area contributed by atoms with Crippen LogP contribution >= 0.6 is 15.9 Å². The van der Waals surface area contributed by atoms with Crippen molar-refractivity contribution in [1.29, 1.82) is 0 Å². The summed E-state index contributed by atoms with van der Waals surface area (Å²) >= 11 is 3.08. The average molecular weight is 485 g/mol. The van der Waals surface area contributed by atoms with E-state index in [1.807, 2.05) is 0 Å². The SMILES string of the molecule is COC(=O)c1ccc(Br)cc1F.O=C(O)c1ccc(-c2c(F)cccc2F)cc1F. The number of methoxy groups -OCH3 is 1. The molecule has 4 nitrogen and oxygen atoms in total. The lowest BCUT2D eigenvalue weighted by Crippen LogP contribution is -2.03. The molecule has 0 amide bonds. The molecule has 156 valence electrons. The van der Waals surface area contributed by atoms with Crippen molar-refractivity contribution in [2.45, 2.75) is 0 Å². The second-order valence-electron chi connectivity index (χ2n) is 5.71. The maximum Gasteiger partial charge on any atom is 0.340 e. The average Bonchev–Trinajstić information content (AvgIpc) is 2.67. The molecule has 0 spiro atoms. The number of carbonyl (C=O) groups excluding carboxylic acids is 1. The maximum atomic E-state index is 13.4. The van der Waals surface area contributed by atoms with Gasteiger partial charge in [0.05, 0.1) is 23.8 Å². The normalized spacial score (nSPS) is 10.1. The Balaban J connectivity index is 0.000000232. The Labute approximate surface area is 176 Å². The molecular formula is C21H13BrF4O4. The van der Waals surface area contributed by atoms with Crippen LogP contribution in [0, 0.1) is 23.3 Å². The lowest BCUT2D eigenvalue weighted by molar-refractivity contribution is 0.0594. The molecule has 0 unspecified atom stereocenters. The van der Waals surface area contributed by atoms with Crippen LogP contribution < -0.4 is 0 Å². The van der Waals surface area contributed by atoms with Gasteiger partial charge in [0.15, 0.2) is 0 Å². The van der Waals surface area contributed by atoms with Crippen molar-refractivity contribution >= 4 is 27.9 Å². The van der Waals surface area contributed by atoms with E-state index in [4.69, 9.17) is 5.11 Å². The van der Waals surface area contributed by atoms with Crippen LogP contribution in [-0.4, -0.2) is 24.2 Å². The van der Waals surface area contributed by atoms with Gasteiger partial charge >= 0.3 is 11.9 Å². The zero-order valence-electron chi connectivity index (χ0n) is 15.3. The van der Waals surface area contributed by atoms with Crippen molar-refractivity contribution < 1.29 is 37.0 Å². The molecule has 0 heterocycles. The Bertz CT molecular complexity index is 1080. The second-order valence-corrected chi connectivity index (χ2v) is 6.63. The molecule has 0 radical (unpaired) electrons. The van der Waals surface area contributed by atoms with Crippen LogP contribution in [0.2, 0.25) is 0 Å². The largest absolute Gasteiger partial charge is 0.478 e. The molecule has 0 fully saturated rings. The van der Waals surface area contributed by atoms with Crippen LogP contribution in [0.4, 0.5) is 17.6 Å². The summed E-state index contributed by atoms with van der Waals surface area (Å²) in [5, 5.41) is 8.65. The summed E-state index contributed by atoms with van der Waals surface area (Å²) in [6.45, 7) is 0. The Morgan fingerprint density at radius 3 is 1.90 bits per heavy atom. The summed E-state index contributed by atoms with van der Waals surface area (Å²) in [7, 11) is 1.21. The highest BCUT2D eigenvalue weighted by Gasteiger charge is 2.15. The number of aromatic carboxylic acids is 1. The summed E-state index contributed by atoms with van der Waals surface area (Å²) in [6.07, 6.45) is 0. The molecule has 0 aliphatic carbocycles. The van der Waals surface area contributed by atoms with Crippen LogP contribution in [0.5, 0.6) is 0 Å². The minimum atomic E-state index is -1.44. The van der Waals surface area contributed by atoms with Gasteiger partial charge in [0.2, 0.25) is 0 Å². The highest BCUT2D eigenvalue weighted by atomic mass is 79.9. The van der Waals surface area contributed by atoms with Gasteiger partial charge in [-0.15, -0.1) is 0 Å². The van der Waals surface area contributed by atoms with Crippen LogP contribution in [0.25, 0.3) is 11.1 Å². The minimum absolute atomic E-state index is 0.0481. The van der Waals surface area contributed by atoms with Gasteiger partial charge in [0.1, 0.15) is 23.3 Å². The van der Waals surface area contributed by atoms with Gasteiger partial charge in [-0.2, -0.15) is 0 Å². The van der Waals surface area contributed by atoms with Gasteiger partial charge in [-0.3, -0.25) is 0 Å². The molecular weight excluding hydrogens is 472 g/mol. The standard InChI is InChI=1S/C13H7F3O2.C8H6BrFO2/c14-9-2-1-3-10(15)12(9)7-4-5-8(13(17)18)11(16)6-7;1-12-8(11)6-3-2-5(9)4-7(6)10/h1-6H,(H,17,18);2-4H,1H3. The van der Waals surface area contributed by atoms with E-state index >= 15 is 0 Å². The molecule has 9 heteroatoms. The highest BCUT2D eigenvalue weighted by Crippen LogP contribution is 2.27. The minimum Gasteiger partial charge on any atom is -0.478 e. The van der Waals surface area contributed by atoms with Gasteiger partial charge in [-0.1, -0.05) is 28.1 Å². The van der Waals surface area contributed by atoms with Crippen molar-refractivity contribution in [1.82, 2.24) is 0 Å². The summed E-state index contributed by atoms with van der Waals surface area (Å²) in [5.74, 6) is -5.40. The van der Waals surface area contributed by atoms with E-state index in [9.17, 15) is 27.2 Å². The number of ether oxygens (including phenoxy) is 1. The first kappa shape index (κ1) is 23.1. The van der Waals surface area contributed by atoms with E-state index < -0.39 is 40.8 Å². The number of halogens is 5. The number of esters is 1. The maximum absolute atomic E-state index is 13.4. The van der Waals surface area contributed by atoms with E-state index in [0.29, 0.717) is 4.47 Å². The van der Waals surface area contributed by atoms with Gasteiger partial charge < -0.3 is 9.84 Å². The lowest BCUT2D eigenvalue weighted by Gasteiger charge is -2.06. The number of hydrogen-bond donors (Lipinski definition) is 1. The second kappa shape index (κ2) is 10.0. The van der Waals surface area contributed by atoms with Crippen molar-refractivity contribution in [3.05, 3.63) is 93.5 Å². The predicted molar refractivity (Wildman–Crippen MR) is 104 cm³/mol. The molecule has 0 saturated carbocycles. The Morgan fingerprint density at radius 2 is 1.40 bits per heavy atom. The quantitative estimate of drug-likeness (QED) is 0.374. The zero-order valence-corrected chi connectivity index (χ0v) is 16.8. The smallest absolute Gasteiger partial charge is 0.340 e. The van der Waals surface area contributed by atoms with Crippen molar-refractivity contribution in [3.63, 3.8) is 0 Å². The molecule has 0 bridgehead atoms. The van der Waals surface area contributed by atoms with Crippen molar-refractivity contribution in [3.8, 4) is 11.1 Å². The fourth-order valence-corrected chi connectivity index (χ4v) is 2.72. The molecule has 3 aromatic carbocycles. The number of benzene rings is 3. The summed E-state index contributed by atoms with van der Waals surface area (Å²) in [4.78, 5) is 21.5. The third-order valence-corrected chi connectivity index (χ3v) is 4.28. The van der Waals surface area contributed by atoms with Gasteiger partial charge in [-0.25, -0.2) is 27.2 Å². The first-order valence-electron chi connectivity index (χ1n) is 8.16. The lowest BCUT2D eigenvalue weighted by atomic mass is 10.0. The number of carboxylic acid groups (broad SMARTS) is 1. The number of rotatable bonds is 3. The van der Waals surface area contributed by atoms with Crippen molar-refractivity contribution in [2.75, 3.05) is 7.11 Å². The monoisotopic (exact) mass is 484 g/mol. The van der Waals surface area contributed by atoms with Crippen LogP contribution in [0.3, 0.4) is 0 Å². The Kier molecular flexibility index (Phi) is 7.71.